The topological polar surface area (TPSA) is 65.6 Å². The molecule has 0 unspecified atom stereocenters. The van der Waals surface area contributed by atoms with Crippen molar-refractivity contribution >= 4 is 22.6 Å². The van der Waals surface area contributed by atoms with Crippen molar-refractivity contribution in [3.05, 3.63) is 65.9 Å². The lowest BCUT2D eigenvalue weighted by atomic mass is 10.1. The SMILES string of the molecule is Cc1[nH]c2ccccc2c1C(=O)C(=O)N1CCN(CCOc2ccccc2)CC1. The number of carbonyl (C=O) groups is 2. The third-order valence-corrected chi connectivity index (χ3v) is 5.39. The number of aryl methyl sites for hydroxylation is 1. The molecule has 0 atom stereocenters. The van der Waals surface area contributed by atoms with E-state index in [0.29, 0.717) is 25.3 Å². The van der Waals surface area contributed by atoms with Crippen LogP contribution in [0.15, 0.2) is 54.6 Å². The molecule has 1 saturated heterocycles. The summed E-state index contributed by atoms with van der Waals surface area (Å²) in [6, 6.07) is 17.3. The van der Waals surface area contributed by atoms with E-state index in [1.807, 2.05) is 61.5 Å². The number of fused-ring (bicyclic) bond motifs is 1. The molecule has 29 heavy (non-hydrogen) atoms. The lowest BCUT2D eigenvalue weighted by molar-refractivity contribution is -0.128. The Balaban J connectivity index is 1.31. The van der Waals surface area contributed by atoms with Crippen LogP contribution in [-0.2, 0) is 4.79 Å². The van der Waals surface area contributed by atoms with E-state index in [2.05, 4.69) is 9.88 Å². The molecule has 1 aromatic heterocycles. The van der Waals surface area contributed by atoms with Crippen molar-refractivity contribution in [1.29, 1.82) is 0 Å². The van der Waals surface area contributed by atoms with Crippen LogP contribution in [0, 0.1) is 6.92 Å². The quantitative estimate of drug-likeness (QED) is 0.518. The Kier molecular flexibility index (Phi) is 5.62. The van der Waals surface area contributed by atoms with Crippen LogP contribution in [0.2, 0.25) is 0 Å². The number of rotatable bonds is 6. The first-order valence-corrected chi connectivity index (χ1v) is 9.94. The third-order valence-electron chi connectivity index (χ3n) is 5.39. The summed E-state index contributed by atoms with van der Waals surface area (Å²) < 4.78 is 5.74. The molecule has 1 aliphatic rings. The van der Waals surface area contributed by atoms with E-state index in [0.717, 1.165) is 42.0 Å². The largest absolute Gasteiger partial charge is 0.492 e. The first-order valence-electron chi connectivity index (χ1n) is 9.94. The highest BCUT2D eigenvalue weighted by molar-refractivity contribution is 6.45. The summed E-state index contributed by atoms with van der Waals surface area (Å²) in [5.41, 5.74) is 2.11. The average Bonchev–Trinajstić information content (AvgIpc) is 3.09. The molecule has 6 heteroatoms. The number of nitrogens with one attached hydrogen (secondary N) is 1. The number of aromatic nitrogens is 1. The molecule has 6 nitrogen and oxygen atoms in total. The van der Waals surface area contributed by atoms with Crippen LogP contribution in [0.5, 0.6) is 5.75 Å². The van der Waals surface area contributed by atoms with Gasteiger partial charge in [-0.3, -0.25) is 14.5 Å². The molecule has 1 amide bonds. The van der Waals surface area contributed by atoms with Gasteiger partial charge in [0.25, 0.3) is 11.7 Å². The monoisotopic (exact) mass is 391 g/mol. The van der Waals surface area contributed by atoms with Crippen LogP contribution in [0.4, 0.5) is 0 Å². The maximum Gasteiger partial charge on any atom is 0.295 e. The Bertz CT molecular complexity index is 1000. The summed E-state index contributed by atoms with van der Waals surface area (Å²) in [4.78, 5) is 32.8. The number of benzene rings is 2. The van der Waals surface area contributed by atoms with Crippen molar-refractivity contribution in [2.45, 2.75) is 6.92 Å². The third kappa shape index (κ3) is 4.17. The molecule has 150 valence electrons. The summed E-state index contributed by atoms with van der Waals surface area (Å²) in [7, 11) is 0. The van der Waals surface area contributed by atoms with E-state index in [1.54, 1.807) is 4.90 Å². The standard InChI is InChI=1S/C23H25N3O3/c1-17-21(19-9-5-6-10-20(19)24-17)22(27)23(28)26-13-11-25(12-14-26)15-16-29-18-7-3-2-4-8-18/h2-10,24H,11-16H2,1H3. The summed E-state index contributed by atoms with van der Waals surface area (Å²) >= 11 is 0. The normalized spacial score (nSPS) is 14.9. The number of amides is 1. The first kappa shape index (κ1) is 19.2. The molecule has 1 N–H and O–H groups in total. The van der Waals surface area contributed by atoms with Gasteiger partial charge in [-0.2, -0.15) is 0 Å². The maximum atomic E-state index is 12.9. The minimum atomic E-state index is -0.430. The predicted octanol–water partition coefficient (Wildman–Crippen LogP) is 2.88. The van der Waals surface area contributed by atoms with Crippen LogP contribution < -0.4 is 4.74 Å². The molecule has 0 saturated carbocycles. The van der Waals surface area contributed by atoms with Crippen molar-refractivity contribution in [2.24, 2.45) is 0 Å². The maximum absolute atomic E-state index is 12.9. The lowest BCUT2D eigenvalue weighted by Crippen LogP contribution is -2.51. The molecule has 0 spiro atoms. The van der Waals surface area contributed by atoms with Crippen LogP contribution in [-0.4, -0.2) is 65.8 Å². The van der Waals surface area contributed by atoms with Gasteiger partial charge >= 0.3 is 0 Å². The van der Waals surface area contributed by atoms with Gasteiger partial charge in [-0.05, 0) is 25.1 Å². The van der Waals surface area contributed by atoms with E-state index in [1.165, 1.54) is 0 Å². The molecule has 0 aliphatic carbocycles. The van der Waals surface area contributed by atoms with Gasteiger partial charge < -0.3 is 14.6 Å². The minimum absolute atomic E-state index is 0.418. The van der Waals surface area contributed by atoms with Gasteiger partial charge in [-0.15, -0.1) is 0 Å². The second kappa shape index (κ2) is 8.49. The van der Waals surface area contributed by atoms with E-state index in [9.17, 15) is 9.59 Å². The Morgan fingerprint density at radius 1 is 0.966 bits per heavy atom. The summed E-state index contributed by atoms with van der Waals surface area (Å²) in [5.74, 6) is 0.0138. The van der Waals surface area contributed by atoms with Gasteiger partial charge in [0, 0.05) is 49.3 Å². The zero-order valence-corrected chi connectivity index (χ0v) is 16.6. The zero-order chi connectivity index (χ0) is 20.2. The van der Waals surface area contributed by atoms with Gasteiger partial charge in [-0.25, -0.2) is 0 Å². The first-order chi connectivity index (χ1) is 14.1. The van der Waals surface area contributed by atoms with Gasteiger partial charge in [0.2, 0.25) is 0 Å². The molecule has 3 aromatic rings. The van der Waals surface area contributed by atoms with Gasteiger partial charge in [0.1, 0.15) is 12.4 Å². The molecule has 1 aliphatic heterocycles. The number of para-hydroxylation sites is 2. The van der Waals surface area contributed by atoms with Crippen molar-refractivity contribution in [2.75, 3.05) is 39.3 Å². The van der Waals surface area contributed by atoms with Gasteiger partial charge in [0.15, 0.2) is 0 Å². The number of ketones is 1. The van der Waals surface area contributed by atoms with E-state index < -0.39 is 11.7 Å². The summed E-state index contributed by atoms with van der Waals surface area (Å²) in [5, 5.41) is 0.806. The second-order valence-electron chi connectivity index (χ2n) is 7.30. The number of H-pyrrole nitrogens is 1. The molecule has 0 radical (unpaired) electrons. The zero-order valence-electron chi connectivity index (χ0n) is 16.6. The molecular formula is C23H25N3O3. The lowest BCUT2D eigenvalue weighted by Gasteiger charge is -2.34. The predicted molar refractivity (Wildman–Crippen MR) is 112 cm³/mol. The Hall–Kier alpha value is -3.12. The number of hydrogen-bond donors (Lipinski definition) is 1. The second-order valence-corrected chi connectivity index (χ2v) is 7.30. The molecule has 4 rings (SSSR count). The minimum Gasteiger partial charge on any atom is -0.492 e. The van der Waals surface area contributed by atoms with E-state index in [4.69, 9.17) is 4.74 Å². The van der Waals surface area contributed by atoms with Gasteiger partial charge in [0.05, 0.1) is 5.56 Å². The number of nitrogens with zero attached hydrogens (tertiary/aromatic N) is 2. The van der Waals surface area contributed by atoms with Crippen molar-refractivity contribution in [1.82, 2.24) is 14.8 Å². The number of Topliss-reactive ketones (excluding diaryl/α,β-unsaturated/α-hetero) is 1. The van der Waals surface area contributed by atoms with Gasteiger partial charge in [-0.1, -0.05) is 36.4 Å². The Labute approximate surface area is 170 Å². The highest BCUT2D eigenvalue weighted by Crippen LogP contribution is 2.23. The summed E-state index contributed by atoms with van der Waals surface area (Å²) in [6.07, 6.45) is 0. The van der Waals surface area contributed by atoms with Crippen LogP contribution >= 0.6 is 0 Å². The van der Waals surface area contributed by atoms with Crippen LogP contribution in [0.3, 0.4) is 0 Å². The number of aromatic amines is 1. The molecular weight excluding hydrogens is 366 g/mol. The molecule has 2 aromatic carbocycles. The van der Waals surface area contributed by atoms with Crippen LogP contribution in [0.25, 0.3) is 10.9 Å². The summed E-state index contributed by atoms with van der Waals surface area (Å²) in [6.45, 7) is 5.83. The van der Waals surface area contributed by atoms with E-state index in [-0.39, 0.29) is 0 Å². The Morgan fingerprint density at radius 3 is 2.41 bits per heavy atom. The number of hydrogen-bond acceptors (Lipinski definition) is 4. The average molecular weight is 391 g/mol. The molecule has 1 fully saturated rings. The number of carbonyl (C=O) groups excluding carboxylic acids is 2. The fraction of sp³-hybridized carbons (Fsp3) is 0.304. The van der Waals surface area contributed by atoms with Crippen molar-refractivity contribution in [3.63, 3.8) is 0 Å². The highest BCUT2D eigenvalue weighted by atomic mass is 16.5. The van der Waals surface area contributed by atoms with Crippen molar-refractivity contribution < 1.29 is 14.3 Å². The molecule has 2 heterocycles. The van der Waals surface area contributed by atoms with E-state index >= 15 is 0 Å². The smallest absolute Gasteiger partial charge is 0.295 e. The van der Waals surface area contributed by atoms with Crippen LogP contribution in [0.1, 0.15) is 16.1 Å². The fourth-order valence-corrected chi connectivity index (χ4v) is 3.80. The molecule has 0 bridgehead atoms. The fourth-order valence-electron chi connectivity index (χ4n) is 3.80. The number of ether oxygens (including phenoxy) is 1. The highest BCUT2D eigenvalue weighted by Gasteiger charge is 2.29. The Morgan fingerprint density at radius 2 is 1.66 bits per heavy atom. The van der Waals surface area contributed by atoms with Crippen molar-refractivity contribution in [3.8, 4) is 5.75 Å². The number of piperazine rings is 1.